The van der Waals surface area contributed by atoms with Crippen molar-refractivity contribution in [2.24, 2.45) is 0 Å². The molecule has 0 spiro atoms. The van der Waals surface area contributed by atoms with E-state index < -0.39 is 21.5 Å². The Hall–Kier alpha value is -2.30. The molecule has 180 valence electrons. The van der Waals surface area contributed by atoms with Crippen LogP contribution in [-0.4, -0.2) is 79.6 Å². The molecule has 4 rings (SSSR count). The Morgan fingerprint density at radius 1 is 1.06 bits per heavy atom. The van der Waals surface area contributed by atoms with E-state index in [0.717, 1.165) is 45.2 Å². The van der Waals surface area contributed by atoms with E-state index in [1.165, 1.54) is 44.2 Å². The third kappa shape index (κ3) is 6.61. The first-order valence-corrected chi connectivity index (χ1v) is 13.5. The van der Waals surface area contributed by atoms with Gasteiger partial charge in [-0.05, 0) is 37.9 Å². The van der Waals surface area contributed by atoms with Crippen molar-refractivity contribution in [2.45, 2.75) is 55.2 Å². The summed E-state index contributed by atoms with van der Waals surface area (Å²) in [5.41, 5.74) is 0. The van der Waals surface area contributed by atoms with Crippen LogP contribution in [0.3, 0.4) is 0 Å². The zero-order valence-electron chi connectivity index (χ0n) is 19.0. The van der Waals surface area contributed by atoms with Crippen molar-refractivity contribution < 1.29 is 17.7 Å². The molecule has 2 aliphatic rings. The zero-order chi connectivity index (χ0) is 23.1. The highest BCUT2D eigenvalue weighted by molar-refractivity contribution is 7.90. The lowest BCUT2D eigenvalue weighted by Crippen LogP contribution is -2.51. The molecule has 0 atom stereocenters. The minimum absolute atomic E-state index is 0.0279. The molecular formula is C23H33N5O4S. The van der Waals surface area contributed by atoms with E-state index in [9.17, 15) is 13.2 Å². The minimum atomic E-state index is -3.60. The molecule has 1 N–H and O–H groups in total. The van der Waals surface area contributed by atoms with Gasteiger partial charge < -0.3 is 14.7 Å². The van der Waals surface area contributed by atoms with E-state index in [-0.39, 0.29) is 16.6 Å². The fraction of sp³-hybridized carbons (Fsp3) is 0.609. The number of hydrogen-bond donors (Lipinski definition) is 1. The SMILES string of the molecule is O=C(NCCCN1CCN(C2CCCCC2)CC1)c1nc(CS(=O)(=O)c2ccccc2)no1. The van der Waals surface area contributed by atoms with Gasteiger partial charge in [0.1, 0.15) is 5.75 Å². The average Bonchev–Trinajstić information content (AvgIpc) is 3.31. The molecule has 1 aliphatic carbocycles. The maximum Gasteiger partial charge on any atom is 0.315 e. The Morgan fingerprint density at radius 3 is 2.52 bits per heavy atom. The van der Waals surface area contributed by atoms with Gasteiger partial charge in [-0.15, -0.1) is 0 Å². The van der Waals surface area contributed by atoms with Crippen LogP contribution in [0.4, 0.5) is 0 Å². The Kier molecular flexibility index (Phi) is 8.11. The lowest BCUT2D eigenvalue weighted by molar-refractivity contribution is 0.0777. The van der Waals surface area contributed by atoms with Gasteiger partial charge in [0.15, 0.2) is 15.7 Å². The summed E-state index contributed by atoms with van der Waals surface area (Å²) in [5, 5.41) is 6.44. The quantitative estimate of drug-likeness (QED) is 0.550. The molecule has 1 amide bonds. The number of amides is 1. The van der Waals surface area contributed by atoms with Gasteiger partial charge in [-0.3, -0.25) is 9.69 Å². The first-order valence-electron chi connectivity index (χ1n) is 11.9. The van der Waals surface area contributed by atoms with E-state index in [4.69, 9.17) is 4.52 Å². The van der Waals surface area contributed by atoms with Crippen molar-refractivity contribution in [1.82, 2.24) is 25.3 Å². The largest absolute Gasteiger partial charge is 0.348 e. The van der Waals surface area contributed by atoms with Crippen LogP contribution in [0.15, 0.2) is 39.8 Å². The van der Waals surface area contributed by atoms with E-state index in [0.29, 0.717) is 6.54 Å². The van der Waals surface area contributed by atoms with Crippen LogP contribution < -0.4 is 5.32 Å². The first-order chi connectivity index (χ1) is 16.0. The van der Waals surface area contributed by atoms with Crippen molar-refractivity contribution in [3.63, 3.8) is 0 Å². The summed E-state index contributed by atoms with van der Waals surface area (Å²) < 4.78 is 29.8. The fourth-order valence-electron chi connectivity index (χ4n) is 4.66. The number of carbonyl (C=O) groups is 1. The van der Waals surface area contributed by atoms with Crippen LogP contribution in [-0.2, 0) is 15.6 Å². The predicted octanol–water partition coefficient (Wildman–Crippen LogP) is 2.11. The van der Waals surface area contributed by atoms with Gasteiger partial charge in [0.2, 0.25) is 0 Å². The minimum Gasteiger partial charge on any atom is -0.348 e. The molecule has 1 saturated heterocycles. The normalized spacial score (nSPS) is 18.9. The number of nitrogens with zero attached hydrogens (tertiary/aromatic N) is 4. The Morgan fingerprint density at radius 2 is 1.79 bits per heavy atom. The first kappa shape index (κ1) is 23.8. The molecule has 0 unspecified atom stereocenters. The van der Waals surface area contributed by atoms with Crippen LogP contribution in [0.5, 0.6) is 0 Å². The van der Waals surface area contributed by atoms with Crippen LogP contribution in [0.1, 0.15) is 55.0 Å². The molecule has 0 bridgehead atoms. The molecule has 2 aromatic rings. The van der Waals surface area contributed by atoms with Crippen LogP contribution in [0.25, 0.3) is 0 Å². The summed E-state index contributed by atoms with van der Waals surface area (Å²) >= 11 is 0. The number of aromatic nitrogens is 2. The summed E-state index contributed by atoms with van der Waals surface area (Å²) in [5.74, 6) is -1.14. The third-order valence-electron chi connectivity index (χ3n) is 6.52. The second-order valence-electron chi connectivity index (χ2n) is 8.87. The van der Waals surface area contributed by atoms with E-state index >= 15 is 0 Å². The highest BCUT2D eigenvalue weighted by Crippen LogP contribution is 2.23. The van der Waals surface area contributed by atoms with Crippen LogP contribution in [0.2, 0.25) is 0 Å². The molecule has 1 aromatic heterocycles. The highest BCUT2D eigenvalue weighted by Gasteiger charge is 2.25. The molecule has 1 saturated carbocycles. The molecule has 33 heavy (non-hydrogen) atoms. The molecule has 9 nitrogen and oxygen atoms in total. The van der Waals surface area contributed by atoms with Crippen molar-refractivity contribution in [3.05, 3.63) is 42.0 Å². The summed E-state index contributed by atoms with van der Waals surface area (Å²) in [6, 6.07) is 8.85. The summed E-state index contributed by atoms with van der Waals surface area (Å²) in [6.07, 6.45) is 7.66. The average molecular weight is 476 g/mol. The Labute approximate surface area is 195 Å². The molecule has 1 aliphatic heterocycles. The van der Waals surface area contributed by atoms with Gasteiger partial charge in [0.25, 0.3) is 0 Å². The maximum absolute atomic E-state index is 12.4. The van der Waals surface area contributed by atoms with Crippen molar-refractivity contribution in [3.8, 4) is 0 Å². The molecule has 2 heterocycles. The topological polar surface area (TPSA) is 109 Å². The van der Waals surface area contributed by atoms with Gasteiger partial charge in [-0.25, -0.2) is 8.42 Å². The van der Waals surface area contributed by atoms with E-state index in [2.05, 4.69) is 25.3 Å². The maximum atomic E-state index is 12.4. The monoisotopic (exact) mass is 475 g/mol. The van der Waals surface area contributed by atoms with Crippen LogP contribution in [0, 0.1) is 0 Å². The lowest BCUT2D eigenvalue weighted by atomic mass is 9.94. The molecule has 2 fully saturated rings. The highest BCUT2D eigenvalue weighted by atomic mass is 32.2. The van der Waals surface area contributed by atoms with Crippen molar-refractivity contribution in [2.75, 3.05) is 39.3 Å². The van der Waals surface area contributed by atoms with Gasteiger partial charge in [0, 0.05) is 38.8 Å². The number of benzene rings is 1. The molecule has 0 radical (unpaired) electrons. The van der Waals surface area contributed by atoms with Gasteiger partial charge in [0.05, 0.1) is 4.90 Å². The Balaban J connectivity index is 1.16. The van der Waals surface area contributed by atoms with Gasteiger partial charge >= 0.3 is 11.8 Å². The number of carbonyl (C=O) groups excluding carboxylic acids is 1. The van der Waals surface area contributed by atoms with Gasteiger partial charge in [-0.1, -0.05) is 42.6 Å². The standard InChI is InChI=1S/C23H33N5O4S/c29-22(23-25-21(26-32-23)18-33(30,31)20-10-5-2-6-11-20)24-12-7-13-27-14-16-28(17-15-27)19-8-3-1-4-9-19/h2,5-6,10-11,19H,1,3-4,7-9,12-18H2,(H,24,29). The van der Waals surface area contributed by atoms with Crippen molar-refractivity contribution >= 4 is 15.7 Å². The summed E-state index contributed by atoms with van der Waals surface area (Å²) in [4.78, 5) is 21.5. The van der Waals surface area contributed by atoms with Gasteiger partial charge in [-0.2, -0.15) is 4.98 Å². The number of hydrogen-bond acceptors (Lipinski definition) is 8. The number of nitrogens with one attached hydrogen (secondary N) is 1. The fourth-order valence-corrected chi connectivity index (χ4v) is 5.86. The third-order valence-corrected chi connectivity index (χ3v) is 8.15. The van der Waals surface area contributed by atoms with Crippen molar-refractivity contribution in [1.29, 1.82) is 0 Å². The summed E-state index contributed by atoms with van der Waals surface area (Å²) in [7, 11) is -3.60. The van der Waals surface area contributed by atoms with E-state index in [1.54, 1.807) is 18.2 Å². The lowest BCUT2D eigenvalue weighted by Gasteiger charge is -2.40. The number of rotatable bonds is 9. The zero-order valence-corrected chi connectivity index (χ0v) is 19.8. The molecule has 1 aromatic carbocycles. The second-order valence-corrected chi connectivity index (χ2v) is 10.9. The Bertz CT molecular complexity index is 997. The molecule has 10 heteroatoms. The number of sulfone groups is 1. The second kappa shape index (κ2) is 11.2. The smallest absolute Gasteiger partial charge is 0.315 e. The molecular weight excluding hydrogens is 442 g/mol. The predicted molar refractivity (Wildman–Crippen MR) is 123 cm³/mol. The number of piperazine rings is 1. The van der Waals surface area contributed by atoms with E-state index in [1.807, 2.05) is 0 Å². The van der Waals surface area contributed by atoms with Crippen LogP contribution >= 0.6 is 0 Å². The summed E-state index contributed by atoms with van der Waals surface area (Å²) in [6.45, 7) is 5.85.